The largest absolute Gasteiger partial charge is 0.493 e. The molecule has 5 nitrogen and oxygen atoms in total. The van der Waals surface area contributed by atoms with Gasteiger partial charge in [0.2, 0.25) is 0 Å². The van der Waals surface area contributed by atoms with E-state index >= 15 is 0 Å². The number of carbonyl (C=O) groups is 1. The summed E-state index contributed by atoms with van der Waals surface area (Å²) in [6.45, 7) is 0. The zero-order valence-corrected chi connectivity index (χ0v) is 19.4. The predicted octanol–water partition coefficient (Wildman–Crippen LogP) is 7.33. The lowest BCUT2D eigenvalue weighted by Gasteiger charge is -2.23. The minimum Gasteiger partial charge on any atom is -0.493 e. The van der Waals surface area contributed by atoms with Crippen LogP contribution in [0, 0.1) is 0 Å². The summed E-state index contributed by atoms with van der Waals surface area (Å²) in [6, 6.07) is 11.9. The van der Waals surface area contributed by atoms with Crippen LogP contribution < -0.4 is 14.4 Å². The summed E-state index contributed by atoms with van der Waals surface area (Å²) in [4.78, 5) is 18.9. The first kappa shape index (κ1) is 25.3. The van der Waals surface area contributed by atoms with E-state index in [1.54, 1.807) is 24.3 Å². The van der Waals surface area contributed by atoms with Gasteiger partial charge in [-0.05, 0) is 42.5 Å². The van der Waals surface area contributed by atoms with Crippen LogP contribution in [0.3, 0.4) is 0 Å². The van der Waals surface area contributed by atoms with Crippen molar-refractivity contribution in [2.24, 2.45) is 0 Å². The Balaban J connectivity index is 1.94. The van der Waals surface area contributed by atoms with Gasteiger partial charge in [-0.15, -0.1) is 0 Å². The van der Waals surface area contributed by atoms with E-state index in [9.17, 15) is 31.1 Å². The first-order chi connectivity index (χ1) is 16.9. The van der Waals surface area contributed by atoms with Gasteiger partial charge >= 0.3 is 12.4 Å². The molecule has 1 heterocycles. The lowest BCUT2D eigenvalue weighted by atomic mass is 10.0. The maximum atomic E-state index is 13.8. The van der Waals surface area contributed by atoms with Crippen LogP contribution >= 0.6 is 11.3 Å². The van der Waals surface area contributed by atoms with E-state index in [-0.39, 0.29) is 22.6 Å². The molecule has 188 valence electrons. The van der Waals surface area contributed by atoms with Crippen molar-refractivity contribution in [2.45, 2.75) is 12.4 Å². The zero-order chi connectivity index (χ0) is 26.3. The molecule has 3 aromatic carbocycles. The summed E-state index contributed by atoms with van der Waals surface area (Å²) >= 11 is 1.03. The maximum Gasteiger partial charge on any atom is 0.417 e. The van der Waals surface area contributed by atoms with Gasteiger partial charge in [0.25, 0.3) is 5.91 Å². The highest BCUT2D eigenvalue weighted by Gasteiger charge is 2.41. The molecule has 0 unspecified atom stereocenters. The highest BCUT2D eigenvalue weighted by Crippen LogP contribution is 2.42. The number of hydrogen-bond donors (Lipinski definition) is 0. The molecule has 0 saturated heterocycles. The van der Waals surface area contributed by atoms with Crippen LogP contribution in [-0.4, -0.2) is 25.1 Å². The molecular weight excluding hydrogens is 510 g/mol. The van der Waals surface area contributed by atoms with Crippen molar-refractivity contribution in [3.63, 3.8) is 0 Å². The minimum atomic E-state index is -5.23. The van der Waals surface area contributed by atoms with Crippen LogP contribution in [0.2, 0.25) is 0 Å². The second-order valence-electron chi connectivity index (χ2n) is 7.40. The summed E-state index contributed by atoms with van der Waals surface area (Å²) in [5.74, 6) is -0.747. The van der Waals surface area contributed by atoms with E-state index in [1.807, 2.05) is 0 Å². The van der Waals surface area contributed by atoms with Gasteiger partial charge in [-0.25, -0.2) is 4.98 Å². The molecule has 36 heavy (non-hydrogen) atoms. The standard InChI is InChI=1S/C24H16F6N2O3S/c1-34-18-10-8-14(12-19(18)35-2)32(22-31-17-5-3-4-6-20(17)36-22)21(33)15-9-7-13(23(25,26)27)11-16(15)24(28,29)30/h3-12H,1-2H3. The Morgan fingerprint density at radius 3 is 2.17 bits per heavy atom. The first-order valence-corrected chi connectivity index (χ1v) is 11.0. The number of methoxy groups -OCH3 is 2. The number of ether oxygens (including phenoxy) is 2. The number of halogens is 6. The van der Waals surface area contributed by atoms with Gasteiger partial charge < -0.3 is 9.47 Å². The lowest BCUT2D eigenvalue weighted by molar-refractivity contribution is -0.143. The van der Waals surface area contributed by atoms with Gasteiger partial charge in [-0.2, -0.15) is 26.3 Å². The quantitative estimate of drug-likeness (QED) is 0.256. The van der Waals surface area contributed by atoms with Crippen molar-refractivity contribution in [3.05, 3.63) is 77.4 Å². The number of amides is 1. The number of rotatable bonds is 5. The molecule has 0 aliphatic heterocycles. The van der Waals surface area contributed by atoms with Crippen LogP contribution in [0.25, 0.3) is 10.2 Å². The smallest absolute Gasteiger partial charge is 0.417 e. The monoisotopic (exact) mass is 526 g/mol. The Labute approximate surface area is 204 Å². The lowest BCUT2D eigenvalue weighted by Crippen LogP contribution is -2.29. The van der Waals surface area contributed by atoms with Gasteiger partial charge in [-0.3, -0.25) is 9.69 Å². The first-order valence-electron chi connectivity index (χ1n) is 10.1. The number of anilines is 2. The van der Waals surface area contributed by atoms with Crippen molar-refractivity contribution in [1.82, 2.24) is 4.98 Å². The molecule has 0 atom stereocenters. The van der Waals surface area contributed by atoms with E-state index in [4.69, 9.17) is 9.47 Å². The van der Waals surface area contributed by atoms with Crippen molar-refractivity contribution < 1.29 is 40.6 Å². The topological polar surface area (TPSA) is 51.7 Å². The average Bonchev–Trinajstić information content (AvgIpc) is 3.26. The molecule has 0 N–H and O–H groups in total. The van der Waals surface area contributed by atoms with E-state index < -0.39 is 35.0 Å². The third kappa shape index (κ3) is 4.81. The predicted molar refractivity (Wildman–Crippen MR) is 122 cm³/mol. The van der Waals surface area contributed by atoms with Crippen LogP contribution in [0.5, 0.6) is 11.5 Å². The second-order valence-corrected chi connectivity index (χ2v) is 8.41. The van der Waals surface area contributed by atoms with Crippen molar-refractivity contribution in [3.8, 4) is 11.5 Å². The number of benzene rings is 3. The number of alkyl halides is 6. The van der Waals surface area contributed by atoms with Crippen LogP contribution in [0.1, 0.15) is 21.5 Å². The van der Waals surface area contributed by atoms with E-state index in [0.29, 0.717) is 28.1 Å². The Hall–Kier alpha value is -3.80. The van der Waals surface area contributed by atoms with E-state index in [1.165, 1.54) is 32.4 Å². The summed E-state index contributed by atoms with van der Waals surface area (Å²) in [6.07, 6.45) is -10.3. The molecule has 12 heteroatoms. The molecular formula is C24H16F6N2O3S. The highest BCUT2D eigenvalue weighted by atomic mass is 32.1. The SMILES string of the molecule is COc1ccc(N(C(=O)c2ccc(C(F)(F)F)cc2C(F)(F)F)c2nc3ccccc3s2)cc1OC. The molecule has 0 aliphatic rings. The highest BCUT2D eigenvalue weighted by molar-refractivity contribution is 7.22. The Bertz CT molecular complexity index is 1400. The molecule has 1 aromatic heterocycles. The normalized spacial score (nSPS) is 12.0. The third-order valence-corrected chi connectivity index (χ3v) is 6.21. The van der Waals surface area contributed by atoms with Gasteiger partial charge in [0.05, 0.1) is 46.8 Å². The number of thiazole rings is 1. The second kappa shape index (κ2) is 9.34. The fourth-order valence-corrected chi connectivity index (χ4v) is 4.48. The van der Waals surface area contributed by atoms with E-state index in [0.717, 1.165) is 16.2 Å². The Kier molecular flexibility index (Phi) is 6.56. The summed E-state index contributed by atoms with van der Waals surface area (Å²) in [5.41, 5.74) is -3.65. The average molecular weight is 526 g/mol. The molecule has 4 aromatic rings. The van der Waals surface area contributed by atoms with E-state index in [2.05, 4.69) is 4.98 Å². The summed E-state index contributed by atoms with van der Waals surface area (Å²) in [7, 11) is 2.72. The number of para-hydroxylation sites is 1. The Morgan fingerprint density at radius 1 is 0.861 bits per heavy atom. The molecule has 1 amide bonds. The maximum absolute atomic E-state index is 13.8. The number of hydrogen-bond acceptors (Lipinski definition) is 5. The van der Waals surface area contributed by atoms with Crippen molar-refractivity contribution >= 4 is 38.3 Å². The fourth-order valence-electron chi connectivity index (χ4n) is 3.50. The molecule has 0 aliphatic carbocycles. The van der Waals surface area contributed by atoms with Crippen molar-refractivity contribution in [2.75, 3.05) is 19.1 Å². The van der Waals surface area contributed by atoms with Crippen LogP contribution in [-0.2, 0) is 12.4 Å². The molecule has 0 bridgehead atoms. The van der Waals surface area contributed by atoms with Crippen molar-refractivity contribution in [1.29, 1.82) is 0 Å². The number of nitrogens with zero attached hydrogens (tertiary/aromatic N) is 2. The van der Waals surface area contributed by atoms with Crippen LogP contribution in [0.15, 0.2) is 60.7 Å². The van der Waals surface area contributed by atoms with Gasteiger partial charge in [-0.1, -0.05) is 23.5 Å². The summed E-state index contributed by atoms with van der Waals surface area (Å²) < 4.78 is 92.1. The number of aromatic nitrogens is 1. The van der Waals surface area contributed by atoms with Gasteiger partial charge in [0.15, 0.2) is 16.6 Å². The minimum absolute atomic E-state index is 0.0152. The Morgan fingerprint density at radius 2 is 1.56 bits per heavy atom. The van der Waals surface area contributed by atoms with Gasteiger partial charge in [0, 0.05) is 6.07 Å². The fraction of sp³-hybridized carbons (Fsp3) is 0.167. The number of carbonyl (C=O) groups excluding carboxylic acids is 1. The van der Waals surface area contributed by atoms with Crippen LogP contribution in [0.4, 0.5) is 37.2 Å². The third-order valence-electron chi connectivity index (χ3n) is 5.18. The molecule has 0 saturated carbocycles. The molecule has 0 fully saturated rings. The zero-order valence-electron chi connectivity index (χ0n) is 18.6. The van der Waals surface area contributed by atoms with Gasteiger partial charge in [0.1, 0.15) is 0 Å². The molecule has 0 radical (unpaired) electrons. The molecule has 4 rings (SSSR count). The summed E-state index contributed by atoms with van der Waals surface area (Å²) in [5, 5.41) is 0.0152. The molecule has 0 spiro atoms. The number of fused-ring (bicyclic) bond motifs is 1.